The summed E-state index contributed by atoms with van der Waals surface area (Å²) in [6, 6.07) is 11.3. The second-order valence-corrected chi connectivity index (χ2v) is 6.34. The summed E-state index contributed by atoms with van der Waals surface area (Å²) in [4.78, 5) is 25.0. The van der Waals surface area contributed by atoms with E-state index in [1.807, 2.05) is 35.7 Å². The lowest BCUT2D eigenvalue weighted by atomic mass is 10.1. The maximum Gasteiger partial charge on any atom is 0.265 e. The molecule has 1 aliphatic rings. The molecule has 2 amide bonds. The van der Waals surface area contributed by atoms with E-state index in [0.29, 0.717) is 30.8 Å². The molecule has 0 saturated carbocycles. The Morgan fingerprint density at radius 2 is 2.13 bits per heavy atom. The van der Waals surface area contributed by atoms with E-state index in [1.165, 1.54) is 4.88 Å². The zero-order valence-electron chi connectivity index (χ0n) is 12.6. The summed E-state index contributed by atoms with van der Waals surface area (Å²) in [6.07, 6.45) is 1.09. The molecule has 5 nitrogen and oxygen atoms in total. The second-order valence-electron chi connectivity index (χ2n) is 5.31. The van der Waals surface area contributed by atoms with Crippen LogP contribution in [0.1, 0.15) is 17.7 Å². The number of aryl methyl sites for hydroxylation is 1. The van der Waals surface area contributed by atoms with Crippen LogP contribution in [0.5, 0.6) is 5.75 Å². The Morgan fingerprint density at radius 3 is 2.96 bits per heavy atom. The number of amides is 2. The molecular weight excluding hydrogens is 312 g/mol. The number of para-hydroxylation sites is 2. The summed E-state index contributed by atoms with van der Waals surface area (Å²) in [6.45, 7) is 0.420. The van der Waals surface area contributed by atoms with Crippen LogP contribution in [-0.4, -0.2) is 24.5 Å². The third-order valence-electron chi connectivity index (χ3n) is 3.61. The van der Waals surface area contributed by atoms with Gasteiger partial charge in [0.25, 0.3) is 5.91 Å². The highest BCUT2D eigenvalue weighted by Crippen LogP contribution is 2.29. The third kappa shape index (κ3) is 4.10. The van der Waals surface area contributed by atoms with Crippen molar-refractivity contribution < 1.29 is 14.3 Å². The maximum absolute atomic E-state index is 12.0. The molecule has 2 aromatic rings. The fourth-order valence-electron chi connectivity index (χ4n) is 2.41. The quantitative estimate of drug-likeness (QED) is 0.855. The first-order chi connectivity index (χ1) is 11.2. The van der Waals surface area contributed by atoms with Crippen LogP contribution in [0.15, 0.2) is 41.8 Å². The molecule has 0 bridgehead atoms. The van der Waals surface area contributed by atoms with Gasteiger partial charge in [0.15, 0.2) is 6.10 Å². The highest BCUT2D eigenvalue weighted by Gasteiger charge is 2.26. The predicted octanol–water partition coefficient (Wildman–Crippen LogP) is 2.59. The second kappa shape index (κ2) is 7.28. The molecule has 23 heavy (non-hydrogen) atoms. The van der Waals surface area contributed by atoms with Crippen molar-refractivity contribution >= 4 is 28.8 Å². The zero-order chi connectivity index (χ0) is 16.1. The molecule has 6 heteroatoms. The highest BCUT2D eigenvalue weighted by molar-refractivity contribution is 7.09. The summed E-state index contributed by atoms with van der Waals surface area (Å²) >= 11 is 1.65. The Hall–Kier alpha value is -2.34. The van der Waals surface area contributed by atoms with E-state index < -0.39 is 6.10 Å². The lowest BCUT2D eigenvalue weighted by Crippen LogP contribution is -2.39. The van der Waals surface area contributed by atoms with Gasteiger partial charge in [-0.1, -0.05) is 18.2 Å². The Kier molecular flexibility index (Phi) is 4.92. The van der Waals surface area contributed by atoms with Gasteiger partial charge in [0, 0.05) is 24.3 Å². The minimum Gasteiger partial charge on any atom is -0.478 e. The molecule has 1 atom stereocenters. The van der Waals surface area contributed by atoms with Gasteiger partial charge in [-0.25, -0.2) is 0 Å². The Balaban J connectivity index is 1.42. The van der Waals surface area contributed by atoms with Gasteiger partial charge >= 0.3 is 0 Å². The average Bonchev–Trinajstić information content (AvgIpc) is 3.07. The molecule has 0 spiro atoms. The first kappa shape index (κ1) is 15.6. The molecule has 1 unspecified atom stereocenters. The van der Waals surface area contributed by atoms with Crippen molar-refractivity contribution in [1.29, 1.82) is 0 Å². The molecule has 2 heterocycles. The monoisotopic (exact) mass is 330 g/mol. The van der Waals surface area contributed by atoms with Gasteiger partial charge in [0.05, 0.1) is 5.69 Å². The smallest absolute Gasteiger partial charge is 0.265 e. The maximum atomic E-state index is 12.0. The number of hydrogen-bond donors (Lipinski definition) is 2. The summed E-state index contributed by atoms with van der Waals surface area (Å²) < 4.78 is 5.68. The van der Waals surface area contributed by atoms with Crippen LogP contribution in [0, 0.1) is 0 Å². The number of hydrogen-bond acceptors (Lipinski definition) is 4. The largest absolute Gasteiger partial charge is 0.478 e. The van der Waals surface area contributed by atoms with Crippen molar-refractivity contribution in [3.63, 3.8) is 0 Å². The molecule has 1 aromatic heterocycles. The van der Waals surface area contributed by atoms with Crippen molar-refractivity contribution in [2.24, 2.45) is 0 Å². The van der Waals surface area contributed by atoms with Crippen molar-refractivity contribution in [3.8, 4) is 5.75 Å². The van der Waals surface area contributed by atoms with E-state index in [9.17, 15) is 9.59 Å². The van der Waals surface area contributed by atoms with Crippen LogP contribution >= 0.6 is 11.3 Å². The molecule has 1 aliphatic heterocycles. The standard InChI is InChI=1S/C17H18N2O3S/c20-16(8-7-12-4-3-11-23-12)18-10-9-15-17(21)19-13-5-1-2-6-14(13)22-15/h1-6,11,15H,7-10H2,(H,18,20)(H,19,21). The van der Waals surface area contributed by atoms with Crippen molar-refractivity contribution in [1.82, 2.24) is 5.32 Å². The minimum atomic E-state index is -0.567. The third-order valence-corrected chi connectivity index (χ3v) is 4.55. The van der Waals surface area contributed by atoms with E-state index >= 15 is 0 Å². The minimum absolute atomic E-state index is 0.00461. The molecule has 0 aliphatic carbocycles. The Morgan fingerprint density at radius 1 is 1.26 bits per heavy atom. The van der Waals surface area contributed by atoms with Gasteiger partial charge in [-0.3, -0.25) is 9.59 Å². The van der Waals surface area contributed by atoms with Crippen LogP contribution in [0.25, 0.3) is 0 Å². The molecule has 0 saturated heterocycles. The number of ether oxygens (including phenoxy) is 1. The van der Waals surface area contributed by atoms with Gasteiger partial charge in [-0.05, 0) is 30.0 Å². The molecular formula is C17H18N2O3S. The topological polar surface area (TPSA) is 67.4 Å². The van der Waals surface area contributed by atoms with Crippen molar-refractivity contribution in [3.05, 3.63) is 46.7 Å². The lowest BCUT2D eigenvalue weighted by Gasteiger charge is -2.25. The van der Waals surface area contributed by atoms with Gasteiger partial charge in [-0.2, -0.15) is 0 Å². The van der Waals surface area contributed by atoms with E-state index in [4.69, 9.17) is 4.74 Å². The first-order valence-electron chi connectivity index (χ1n) is 7.58. The number of carbonyl (C=O) groups excluding carboxylic acids is 2. The number of nitrogens with one attached hydrogen (secondary N) is 2. The predicted molar refractivity (Wildman–Crippen MR) is 89.8 cm³/mol. The van der Waals surface area contributed by atoms with Crippen LogP contribution in [0.3, 0.4) is 0 Å². The van der Waals surface area contributed by atoms with E-state index in [1.54, 1.807) is 17.4 Å². The summed E-state index contributed by atoms with van der Waals surface area (Å²) in [5.74, 6) is 0.493. The van der Waals surface area contributed by atoms with Crippen molar-refractivity contribution in [2.75, 3.05) is 11.9 Å². The molecule has 1 aromatic carbocycles. The van der Waals surface area contributed by atoms with Crippen LogP contribution in [-0.2, 0) is 16.0 Å². The van der Waals surface area contributed by atoms with Crippen LogP contribution in [0.4, 0.5) is 5.69 Å². The molecule has 0 fully saturated rings. The molecule has 2 N–H and O–H groups in total. The van der Waals surface area contributed by atoms with Crippen LogP contribution < -0.4 is 15.4 Å². The van der Waals surface area contributed by atoms with E-state index in [0.717, 1.165) is 6.42 Å². The van der Waals surface area contributed by atoms with Gasteiger partial charge in [0.2, 0.25) is 5.91 Å². The number of fused-ring (bicyclic) bond motifs is 1. The normalized spacial score (nSPS) is 16.2. The summed E-state index contributed by atoms with van der Waals surface area (Å²) in [7, 11) is 0. The van der Waals surface area contributed by atoms with Crippen molar-refractivity contribution in [2.45, 2.75) is 25.4 Å². The van der Waals surface area contributed by atoms with E-state index in [2.05, 4.69) is 10.6 Å². The number of anilines is 1. The Bertz CT molecular complexity index is 685. The zero-order valence-corrected chi connectivity index (χ0v) is 13.4. The first-order valence-corrected chi connectivity index (χ1v) is 8.46. The Labute approximate surface area is 138 Å². The summed E-state index contributed by atoms with van der Waals surface area (Å²) in [5, 5.41) is 7.66. The SMILES string of the molecule is O=C(CCc1cccs1)NCCC1Oc2ccccc2NC1=O. The van der Waals surface area contributed by atoms with Crippen LogP contribution in [0.2, 0.25) is 0 Å². The molecule has 0 radical (unpaired) electrons. The number of rotatable bonds is 6. The van der Waals surface area contributed by atoms with Gasteiger partial charge in [-0.15, -0.1) is 11.3 Å². The summed E-state index contributed by atoms with van der Waals surface area (Å²) in [5.41, 5.74) is 0.689. The van der Waals surface area contributed by atoms with E-state index in [-0.39, 0.29) is 11.8 Å². The van der Waals surface area contributed by atoms with Gasteiger partial charge < -0.3 is 15.4 Å². The number of carbonyl (C=O) groups is 2. The molecule has 3 rings (SSSR count). The van der Waals surface area contributed by atoms with Gasteiger partial charge in [0.1, 0.15) is 5.75 Å². The highest BCUT2D eigenvalue weighted by atomic mass is 32.1. The average molecular weight is 330 g/mol. The number of thiophene rings is 1. The fraction of sp³-hybridized carbons (Fsp3) is 0.294. The fourth-order valence-corrected chi connectivity index (χ4v) is 3.11. The molecule has 120 valence electrons. The lowest BCUT2D eigenvalue weighted by molar-refractivity contribution is -0.125. The number of benzene rings is 1.